The Balaban J connectivity index is 1.36. The summed E-state index contributed by atoms with van der Waals surface area (Å²) in [4.78, 5) is 17.9. The molecule has 1 amide bonds. The van der Waals surface area contributed by atoms with Crippen LogP contribution in [-0.4, -0.2) is 75.7 Å². The van der Waals surface area contributed by atoms with Gasteiger partial charge in [0.15, 0.2) is 11.5 Å². The maximum Gasteiger partial charge on any atom is 0.573 e. The minimum absolute atomic E-state index is 0.0261. The van der Waals surface area contributed by atoms with Gasteiger partial charge in [-0.1, -0.05) is 38.1 Å². The number of nitrogens with zero attached hydrogens (tertiary/aromatic N) is 2. The number of likely N-dealkylation sites (tertiary alicyclic amines) is 1. The first-order valence-electron chi connectivity index (χ1n) is 14.8. The molecule has 2 unspecified atom stereocenters. The molecule has 1 saturated heterocycles. The Hall–Kier alpha value is -3.50. The number of phenolic OH excluding ortho intramolecular Hbond substituents is 1. The molecule has 5 atom stereocenters. The van der Waals surface area contributed by atoms with Crippen LogP contribution < -0.4 is 9.47 Å². The number of carbonyl (C=O) groups is 1. The van der Waals surface area contributed by atoms with Crippen LogP contribution in [-0.2, 0) is 16.6 Å². The van der Waals surface area contributed by atoms with Crippen LogP contribution in [0.15, 0.2) is 55.1 Å². The molecule has 0 radical (unpaired) electrons. The number of rotatable bonds is 8. The van der Waals surface area contributed by atoms with Crippen LogP contribution in [0.5, 0.6) is 17.2 Å². The van der Waals surface area contributed by atoms with Crippen LogP contribution in [0.1, 0.15) is 49.8 Å². The first-order valence-corrected chi connectivity index (χ1v) is 14.8. The normalized spacial score (nSPS) is 29.3. The standard InChI is InChI=1S/C33H37F3N2O5/c1-4-15-37-16-14-31-28-22-9-10-25(39)29(28)42-30(31)24(12-13-32(31,41)26(37)18-22)38(19-20(2)3)27(40)11-8-21-6-5-7-23(17-21)43-33(34,35)36/h4-11,17,20,24,26,30,39,41H,1,12-16,18-19H2,2-3H3/t24?,26-,30?,31+,32-/m1/s1. The average Bonchev–Trinajstić information content (AvgIpc) is 3.29. The Morgan fingerprint density at radius 3 is 2.79 bits per heavy atom. The van der Waals surface area contributed by atoms with E-state index in [9.17, 15) is 28.2 Å². The summed E-state index contributed by atoms with van der Waals surface area (Å²) in [6.07, 6.45) is 1.48. The second-order valence-electron chi connectivity index (χ2n) is 12.6. The minimum Gasteiger partial charge on any atom is -0.504 e. The molecule has 43 heavy (non-hydrogen) atoms. The van der Waals surface area contributed by atoms with Gasteiger partial charge in [-0.3, -0.25) is 9.69 Å². The van der Waals surface area contributed by atoms with E-state index in [0.29, 0.717) is 56.6 Å². The lowest BCUT2D eigenvalue weighted by Gasteiger charge is -2.64. The van der Waals surface area contributed by atoms with Gasteiger partial charge >= 0.3 is 6.36 Å². The first kappa shape index (κ1) is 29.6. The Bertz CT molecular complexity index is 1460. The molecule has 2 fully saturated rings. The van der Waals surface area contributed by atoms with Gasteiger partial charge in [0.25, 0.3) is 0 Å². The SMILES string of the molecule is C=CCN1CC[C@]23c4c5ccc(O)c4OC2C(N(CC(C)C)C(=O)C=Cc2cccc(OC(F)(F)F)c2)CC[C@@]3(O)[C@H]1C5. The first-order chi connectivity index (χ1) is 20.4. The monoisotopic (exact) mass is 598 g/mol. The number of amides is 1. The summed E-state index contributed by atoms with van der Waals surface area (Å²) in [7, 11) is 0. The molecular formula is C33H37F3N2O5. The lowest BCUT2D eigenvalue weighted by molar-refractivity contribution is -0.274. The number of aromatic hydroxyl groups is 1. The van der Waals surface area contributed by atoms with Gasteiger partial charge in [0.2, 0.25) is 5.91 Å². The predicted molar refractivity (Wildman–Crippen MR) is 155 cm³/mol. The molecule has 2 heterocycles. The lowest BCUT2D eigenvalue weighted by atomic mass is 9.48. The average molecular weight is 599 g/mol. The van der Waals surface area contributed by atoms with Crippen LogP contribution in [0.4, 0.5) is 13.2 Å². The molecule has 2 aromatic rings. The number of alkyl halides is 3. The summed E-state index contributed by atoms with van der Waals surface area (Å²) in [6, 6.07) is 8.47. The molecule has 6 rings (SSSR count). The van der Waals surface area contributed by atoms with Crippen molar-refractivity contribution in [3.63, 3.8) is 0 Å². The Kier molecular flexibility index (Phi) is 7.28. The van der Waals surface area contributed by atoms with Crippen LogP contribution in [0.3, 0.4) is 0 Å². The molecule has 0 aromatic heterocycles. The number of halogens is 3. The zero-order valence-corrected chi connectivity index (χ0v) is 24.3. The number of carbonyl (C=O) groups excluding carboxylic acids is 1. The number of hydrogen-bond acceptors (Lipinski definition) is 6. The van der Waals surface area contributed by atoms with Gasteiger partial charge < -0.3 is 24.6 Å². The third kappa shape index (κ3) is 4.79. The fourth-order valence-corrected chi connectivity index (χ4v) is 8.17. The number of aliphatic hydroxyl groups is 1. The maximum absolute atomic E-state index is 13.9. The van der Waals surface area contributed by atoms with Gasteiger partial charge in [-0.15, -0.1) is 19.8 Å². The number of ether oxygens (including phenoxy) is 2. The second-order valence-corrected chi connectivity index (χ2v) is 12.6. The Labute approximate surface area is 249 Å². The Morgan fingerprint density at radius 2 is 2.07 bits per heavy atom. The van der Waals surface area contributed by atoms with Crippen molar-refractivity contribution in [1.82, 2.24) is 9.80 Å². The van der Waals surface area contributed by atoms with Crippen molar-refractivity contribution in [2.45, 2.75) is 75.1 Å². The largest absolute Gasteiger partial charge is 0.573 e. The minimum atomic E-state index is -4.82. The van der Waals surface area contributed by atoms with E-state index in [1.165, 1.54) is 30.4 Å². The van der Waals surface area contributed by atoms with E-state index in [2.05, 4.69) is 16.2 Å². The molecule has 2 aromatic carbocycles. The van der Waals surface area contributed by atoms with Crippen molar-refractivity contribution in [3.05, 3.63) is 71.8 Å². The quantitative estimate of drug-likeness (QED) is 0.321. The van der Waals surface area contributed by atoms with E-state index in [1.54, 1.807) is 17.0 Å². The molecule has 2 bridgehead atoms. The maximum atomic E-state index is 13.9. The zero-order valence-electron chi connectivity index (χ0n) is 24.3. The fraction of sp³-hybridized carbons (Fsp3) is 0.485. The Morgan fingerprint density at radius 1 is 1.28 bits per heavy atom. The summed E-state index contributed by atoms with van der Waals surface area (Å²) in [6.45, 7) is 9.73. The summed E-state index contributed by atoms with van der Waals surface area (Å²) in [5, 5.41) is 23.5. The highest BCUT2D eigenvalue weighted by molar-refractivity contribution is 5.92. The van der Waals surface area contributed by atoms with Crippen LogP contribution in [0.25, 0.3) is 6.08 Å². The van der Waals surface area contributed by atoms with Gasteiger partial charge in [0.05, 0.1) is 17.1 Å². The van der Waals surface area contributed by atoms with Crippen LogP contribution in [0.2, 0.25) is 0 Å². The molecule has 2 aliphatic carbocycles. The van der Waals surface area contributed by atoms with Gasteiger partial charge in [-0.2, -0.15) is 0 Å². The molecule has 7 nitrogen and oxygen atoms in total. The topological polar surface area (TPSA) is 82.5 Å². The summed E-state index contributed by atoms with van der Waals surface area (Å²) in [5.41, 5.74) is 0.376. The third-order valence-corrected chi connectivity index (χ3v) is 9.66. The summed E-state index contributed by atoms with van der Waals surface area (Å²) >= 11 is 0. The highest BCUT2D eigenvalue weighted by Crippen LogP contribution is 2.65. The van der Waals surface area contributed by atoms with Gasteiger partial charge in [0, 0.05) is 30.8 Å². The van der Waals surface area contributed by atoms with Crippen molar-refractivity contribution in [3.8, 4) is 17.2 Å². The van der Waals surface area contributed by atoms with Crippen molar-refractivity contribution >= 4 is 12.0 Å². The zero-order chi connectivity index (χ0) is 30.7. The predicted octanol–water partition coefficient (Wildman–Crippen LogP) is 5.20. The van der Waals surface area contributed by atoms with Crippen molar-refractivity contribution in [1.29, 1.82) is 0 Å². The van der Waals surface area contributed by atoms with Gasteiger partial charge in [-0.25, -0.2) is 0 Å². The van der Waals surface area contributed by atoms with Crippen molar-refractivity contribution < 1.29 is 37.7 Å². The fourth-order valence-electron chi connectivity index (χ4n) is 8.17. The van der Waals surface area contributed by atoms with Gasteiger partial charge in [-0.05, 0) is 73.5 Å². The summed E-state index contributed by atoms with van der Waals surface area (Å²) in [5.74, 6) is -0.131. The van der Waals surface area contributed by atoms with E-state index in [-0.39, 0.29) is 29.4 Å². The molecule has 10 heteroatoms. The molecule has 1 saturated carbocycles. The number of piperidine rings is 1. The van der Waals surface area contributed by atoms with E-state index in [1.807, 2.05) is 26.0 Å². The van der Waals surface area contributed by atoms with Crippen molar-refractivity contribution in [2.75, 3.05) is 19.6 Å². The number of phenols is 1. The van der Waals surface area contributed by atoms with Crippen LogP contribution in [0, 0.1) is 5.92 Å². The van der Waals surface area contributed by atoms with Crippen molar-refractivity contribution in [2.24, 2.45) is 5.92 Å². The molecule has 1 spiro atoms. The smallest absolute Gasteiger partial charge is 0.504 e. The van der Waals surface area contributed by atoms with E-state index in [4.69, 9.17) is 4.74 Å². The number of benzene rings is 2. The number of hydrogen-bond donors (Lipinski definition) is 2. The molecular weight excluding hydrogens is 561 g/mol. The van der Waals surface area contributed by atoms with Gasteiger partial charge in [0.1, 0.15) is 11.9 Å². The molecule has 230 valence electrons. The van der Waals surface area contributed by atoms with E-state index < -0.39 is 29.5 Å². The molecule has 2 N–H and O–H groups in total. The second kappa shape index (κ2) is 10.6. The lowest BCUT2D eigenvalue weighted by Crippen LogP contribution is -2.78. The summed E-state index contributed by atoms with van der Waals surface area (Å²) < 4.78 is 48.8. The highest BCUT2D eigenvalue weighted by atomic mass is 19.4. The molecule has 2 aliphatic heterocycles. The third-order valence-electron chi connectivity index (χ3n) is 9.66. The van der Waals surface area contributed by atoms with E-state index >= 15 is 0 Å². The van der Waals surface area contributed by atoms with Crippen LogP contribution >= 0.6 is 0 Å². The highest BCUT2D eigenvalue weighted by Gasteiger charge is 2.73. The van der Waals surface area contributed by atoms with E-state index in [0.717, 1.165) is 11.1 Å². The molecule has 4 aliphatic rings.